The lowest BCUT2D eigenvalue weighted by Gasteiger charge is -2.15. The van der Waals surface area contributed by atoms with E-state index in [1.54, 1.807) is 32.3 Å². The summed E-state index contributed by atoms with van der Waals surface area (Å²) >= 11 is 0. The number of nitrogens with one attached hydrogen (secondary N) is 2. The number of hydrogen-bond acceptors (Lipinski definition) is 6. The fourth-order valence-electron chi connectivity index (χ4n) is 2.69. The maximum Gasteiger partial charge on any atom is 0.244 e. The second-order valence-corrected chi connectivity index (χ2v) is 7.55. The molecule has 0 spiro atoms. The molecular weight excluding hydrogens is 330 g/mol. The van der Waals surface area contributed by atoms with Crippen LogP contribution in [0.2, 0.25) is 0 Å². The van der Waals surface area contributed by atoms with Crippen LogP contribution in [0.1, 0.15) is 23.5 Å². The van der Waals surface area contributed by atoms with E-state index in [4.69, 9.17) is 9.15 Å². The average Bonchev–Trinajstić information content (AvgIpc) is 3.16. The number of hydrogen-bond donors (Lipinski definition) is 2. The fraction of sp³-hybridized carbons (Fsp3) is 0.438. The smallest absolute Gasteiger partial charge is 0.244 e. The van der Waals surface area contributed by atoms with Gasteiger partial charge < -0.3 is 14.5 Å². The highest BCUT2D eigenvalue weighted by molar-refractivity contribution is 7.89. The lowest BCUT2D eigenvalue weighted by atomic mass is 10.2. The van der Waals surface area contributed by atoms with E-state index in [0.29, 0.717) is 17.3 Å². The van der Waals surface area contributed by atoms with Gasteiger partial charge in [0.05, 0.1) is 6.20 Å². The van der Waals surface area contributed by atoms with E-state index in [-0.39, 0.29) is 17.5 Å². The Morgan fingerprint density at radius 2 is 2.29 bits per heavy atom. The van der Waals surface area contributed by atoms with Crippen LogP contribution >= 0.6 is 0 Å². The minimum Gasteiger partial charge on any atom is -0.487 e. The van der Waals surface area contributed by atoms with Crippen LogP contribution in [0.5, 0.6) is 5.75 Å². The summed E-state index contributed by atoms with van der Waals surface area (Å²) in [6.07, 6.45) is 4.25. The van der Waals surface area contributed by atoms with Crippen molar-refractivity contribution in [2.75, 3.05) is 13.1 Å². The summed E-state index contributed by atoms with van der Waals surface area (Å²) in [6, 6.07) is 3.28. The van der Waals surface area contributed by atoms with Gasteiger partial charge in [-0.3, -0.25) is 4.98 Å². The van der Waals surface area contributed by atoms with E-state index in [1.165, 1.54) is 6.07 Å². The summed E-state index contributed by atoms with van der Waals surface area (Å²) in [5.41, 5.74) is 0.748. The third-order valence-corrected chi connectivity index (χ3v) is 5.43. The standard InChI is InChI=1S/C16H21N3O4S/c1-11-7-16(12(2)22-11)24(20,21)19-8-13-3-5-18-10-15(13)23-14-4-6-17-9-14/h3,5,7,10,14,17,19H,4,6,8-9H2,1-2H3/t14-/m0/s1. The normalized spacial score (nSPS) is 18.0. The second kappa shape index (κ2) is 6.92. The van der Waals surface area contributed by atoms with E-state index < -0.39 is 10.0 Å². The summed E-state index contributed by atoms with van der Waals surface area (Å²) in [7, 11) is -3.64. The van der Waals surface area contributed by atoms with Gasteiger partial charge in [-0.1, -0.05) is 0 Å². The molecule has 0 amide bonds. The van der Waals surface area contributed by atoms with Crippen LogP contribution in [0.4, 0.5) is 0 Å². The third kappa shape index (κ3) is 3.77. The first-order valence-corrected chi connectivity index (χ1v) is 9.31. The van der Waals surface area contributed by atoms with Crippen molar-refractivity contribution < 1.29 is 17.6 Å². The molecule has 3 heterocycles. The Hall–Kier alpha value is -1.90. The lowest BCUT2D eigenvalue weighted by Crippen LogP contribution is -2.25. The van der Waals surface area contributed by atoms with Gasteiger partial charge in [-0.2, -0.15) is 0 Å². The molecule has 1 atom stereocenters. The molecule has 8 heteroatoms. The summed E-state index contributed by atoms with van der Waals surface area (Å²) < 4.78 is 38.7. The summed E-state index contributed by atoms with van der Waals surface area (Å²) in [5.74, 6) is 1.55. The SMILES string of the molecule is Cc1cc(S(=O)(=O)NCc2ccncc2O[C@H]2CCNC2)c(C)o1. The quantitative estimate of drug-likeness (QED) is 0.819. The predicted molar refractivity (Wildman–Crippen MR) is 88.3 cm³/mol. The lowest BCUT2D eigenvalue weighted by molar-refractivity contribution is 0.220. The number of aryl methyl sites for hydroxylation is 2. The van der Waals surface area contributed by atoms with Crippen LogP contribution in [-0.4, -0.2) is 32.6 Å². The molecule has 0 bridgehead atoms. The van der Waals surface area contributed by atoms with Crippen molar-refractivity contribution in [2.24, 2.45) is 0 Å². The molecule has 0 radical (unpaired) electrons. The molecule has 3 rings (SSSR count). The van der Waals surface area contributed by atoms with Crippen LogP contribution in [-0.2, 0) is 16.6 Å². The second-order valence-electron chi connectivity index (χ2n) is 5.82. The summed E-state index contributed by atoms with van der Waals surface area (Å²) in [6.45, 7) is 5.19. The Kier molecular flexibility index (Phi) is 4.88. The minimum atomic E-state index is -3.64. The highest BCUT2D eigenvalue weighted by Gasteiger charge is 2.22. The van der Waals surface area contributed by atoms with Gasteiger partial charge in [0.25, 0.3) is 0 Å². The first-order valence-electron chi connectivity index (χ1n) is 7.82. The molecule has 2 aromatic heterocycles. The Bertz CT molecular complexity index is 810. The van der Waals surface area contributed by atoms with Crippen molar-refractivity contribution in [1.29, 1.82) is 0 Å². The van der Waals surface area contributed by atoms with Crippen molar-refractivity contribution in [1.82, 2.24) is 15.0 Å². The van der Waals surface area contributed by atoms with Gasteiger partial charge in [0, 0.05) is 24.8 Å². The Labute approximate surface area is 141 Å². The first kappa shape index (κ1) is 16.9. The zero-order chi connectivity index (χ0) is 17.2. The summed E-state index contributed by atoms with van der Waals surface area (Å²) in [4.78, 5) is 4.23. The van der Waals surface area contributed by atoms with Gasteiger partial charge in [-0.15, -0.1) is 0 Å². The van der Waals surface area contributed by atoms with Crippen LogP contribution in [0, 0.1) is 13.8 Å². The van der Waals surface area contributed by atoms with E-state index >= 15 is 0 Å². The van der Waals surface area contributed by atoms with Crippen molar-refractivity contribution in [3.8, 4) is 5.75 Å². The molecule has 7 nitrogen and oxygen atoms in total. The largest absolute Gasteiger partial charge is 0.487 e. The maximum atomic E-state index is 12.5. The molecule has 24 heavy (non-hydrogen) atoms. The molecule has 0 saturated carbocycles. The zero-order valence-corrected chi connectivity index (χ0v) is 14.5. The molecule has 1 fully saturated rings. The van der Waals surface area contributed by atoms with Crippen molar-refractivity contribution in [3.63, 3.8) is 0 Å². The van der Waals surface area contributed by atoms with E-state index in [0.717, 1.165) is 25.1 Å². The Balaban J connectivity index is 1.73. The van der Waals surface area contributed by atoms with E-state index in [2.05, 4.69) is 15.0 Å². The van der Waals surface area contributed by atoms with Gasteiger partial charge in [0.15, 0.2) is 0 Å². The van der Waals surface area contributed by atoms with Gasteiger partial charge >= 0.3 is 0 Å². The fourth-order valence-corrected chi connectivity index (χ4v) is 3.94. The number of pyridine rings is 1. The van der Waals surface area contributed by atoms with Crippen LogP contribution in [0.25, 0.3) is 0 Å². The zero-order valence-electron chi connectivity index (χ0n) is 13.7. The average molecular weight is 351 g/mol. The van der Waals surface area contributed by atoms with Crippen LogP contribution in [0.3, 0.4) is 0 Å². The highest BCUT2D eigenvalue weighted by atomic mass is 32.2. The number of furan rings is 1. The number of nitrogens with zero attached hydrogens (tertiary/aromatic N) is 1. The van der Waals surface area contributed by atoms with Gasteiger partial charge in [0.2, 0.25) is 10.0 Å². The van der Waals surface area contributed by atoms with E-state index in [1.807, 2.05) is 0 Å². The molecule has 0 unspecified atom stereocenters. The van der Waals surface area contributed by atoms with Crippen LogP contribution in [0.15, 0.2) is 33.8 Å². The number of ether oxygens (including phenoxy) is 1. The Morgan fingerprint density at radius 1 is 1.46 bits per heavy atom. The van der Waals surface area contributed by atoms with Crippen LogP contribution < -0.4 is 14.8 Å². The molecule has 0 aromatic carbocycles. The highest BCUT2D eigenvalue weighted by Crippen LogP contribution is 2.22. The number of aromatic nitrogens is 1. The van der Waals surface area contributed by atoms with Gasteiger partial charge in [-0.05, 0) is 38.9 Å². The molecule has 2 N–H and O–H groups in total. The maximum absolute atomic E-state index is 12.5. The molecule has 1 saturated heterocycles. The predicted octanol–water partition coefficient (Wildman–Crippen LogP) is 1.51. The number of sulfonamides is 1. The third-order valence-electron chi connectivity index (χ3n) is 3.92. The Morgan fingerprint density at radius 3 is 2.96 bits per heavy atom. The van der Waals surface area contributed by atoms with Crippen molar-refractivity contribution in [2.45, 2.75) is 37.8 Å². The van der Waals surface area contributed by atoms with Gasteiger partial charge in [0.1, 0.15) is 28.3 Å². The molecule has 1 aliphatic heterocycles. The van der Waals surface area contributed by atoms with Crippen molar-refractivity contribution >= 4 is 10.0 Å². The first-order chi connectivity index (χ1) is 11.5. The topological polar surface area (TPSA) is 93.5 Å². The molecule has 130 valence electrons. The van der Waals surface area contributed by atoms with E-state index in [9.17, 15) is 8.42 Å². The van der Waals surface area contributed by atoms with Gasteiger partial charge in [-0.25, -0.2) is 13.1 Å². The monoisotopic (exact) mass is 351 g/mol. The number of rotatable bonds is 6. The van der Waals surface area contributed by atoms with Crippen molar-refractivity contribution in [3.05, 3.63) is 41.6 Å². The molecule has 2 aromatic rings. The minimum absolute atomic E-state index is 0.0864. The molecule has 1 aliphatic rings. The molecule has 0 aliphatic carbocycles. The molecular formula is C16H21N3O4S. The summed E-state index contributed by atoms with van der Waals surface area (Å²) in [5, 5.41) is 3.23.